The lowest BCUT2D eigenvalue weighted by molar-refractivity contribution is -0.114. The Morgan fingerprint density at radius 1 is 1.21 bits per heavy atom. The van der Waals surface area contributed by atoms with E-state index in [1.807, 2.05) is 13.8 Å². The molecule has 0 spiro atoms. The van der Waals surface area contributed by atoms with Crippen LogP contribution in [0.1, 0.15) is 76.5 Å². The van der Waals surface area contributed by atoms with Crippen LogP contribution >= 0.6 is 11.6 Å². The molecule has 0 atom stereocenters. The molecule has 0 saturated heterocycles. The standard InChI is InChI=1S/C24H35ClN6O3/c1-4-6-14-29-22(26)20(23(33)27-24(29)34)31(17-10-8-9-11-17)19(32)13-12-18-16(3)28-30(21(18)25)15-7-5-2/h12-13,17H,4-11,14-15,26H2,1-3H3,(H,27,33,34). The molecule has 3 rings (SSSR count). The van der Waals surface area contributed by atoms with Crippen LogP contribution in [-0.2, 0) is 17.9 Å². The molecule has 10 heteroatoms. The molecular weight excluding hydrogens is 456 g/mol. The van der Waals surface area contributed by atoms with Gasteiger partial charge in [0, 0.05) is 30.8 Å². The van der Waals surface area contributed by atoms with Crippen LogP contribution in [0.5, 0.6) is 0 Å². The number of nitrogen functional groups attached to an aromatic ring is 1. The van der Waals surface area contributed by atoms with Gasteiger partial charge in [-0.1, -0.05) is 51.1 Å². The maximum atomic E-state index is 13.5. The van der Waals surface area contributed by atoms with Crippen LogP contribution in [-0.4, -0.2) is 31.3 Å². The summed E-state index contributed by atoms with van der Waals surface area (Å²) >= 11 is 6.52. The normalized spacial score (nSPS) is 14.4. The van der Waals surface area contributed by atoms with Gasteiger partial charge in [-0.15, -0.1) is 0 Å². The Labute approximate surface area is 204 Å². The fourth-order valence-electron chi connectivity index (χ4n) is 4.43. The summed E-state index contributed by atoms with van der Waals surface area (Å²) in [7, 11) is 0. The molecule has 0 radical (unpaired) electrons. The third-order valence-corrected chi connectivity index (χ3v) is 6.74. The van der Waals surface area contributed by atoms with Crippen LogP contribution in [0.25, 0.3) is 6.08 Å². The summed E-state index contributed by atoms with van der Waals surface area (Å²) in [5.41, 5.74) is 6.56. The lowest BCUT2D eigenvalue weighted by Gasteiger charge is -2.29. The zero-order valence-corrected chi connectivity index (χ0v) is 21.0. The van der Waals surface area contributed by atoms with Crippen LogP contribution in [0, 0.1) is 6.92 Å². The van der Waals surface area contributed by atoms with Crippen molar-refractivity contribution in [1.82, 2.24) is 19.3 Å². The predicted molar refractivity (Wildman–Crippen MR) is 136 cm³/mol. The van der Waals surface area contributed by atoms with E-state index in [0.717, 1.165) is 57.1 Å². The van der Waals surface area contributed by atoms with E-state index in [-0.39, 0.29) is 23.5 Å². The van der Waals surface area contributed by atoms with E-state index in [0.29, 0.717) is 23.8 Å². The van der Waals surface area contributed by atoms with E-state index in [1.165, 1.54) is 15.5 Å². The van der Waals surface area contributed by atoms with Gasteiger partial charge in [-0.25, -0.2) is 4.79 Å². The van der Waals surface area contributed by atoms with Crippen molar-refractivity contribution in [2.75, 3.05) is 10.6 Å². The second-order valence-electron chi connectivity index (χ2n) is 8.84. The fourth-order valence-corrected chi connectivity index (χ4v) is 4.75. The van der Waals surface area contributed by atoms with E-state index >= 15 is 0 Å². The Bertz CT molecular complexity index is 1160. The van der Waals surface area contributed by atoms with Crippen molar-refractivity contribution in [3.8, 4) is 0 Å². The number of nitrogens with zero attached hydrogens (tertiary/aromatic N) is 4. The highest BCUT2D eigenvalue weighted by molar-refractivity contribution is 6.31. The molecule has 1 aliphatic rings. The molecular formula is C24H35ClN6O3. The fraction of sp³-hybridized carbons (Fsp3) is 0.583. The molecule has 0 aromatic carbocycles. The molecule has 186 valence electrons. The average molecular weight is 491 g/mol. The molecule has 34 heavy (non-hydrogen) atoms. The minimum absolute atomic E-state index is 0.0254. The molecule has 3 N–H and O–H groups in total. The number of hydrogen-bond acceptors (Lipinski definition) is 5. The van der Waals surface area contributed by atoms with Gasteiger partial charge in [0.2, 0.25) is 0 Å². The monoisotopic (exact) mass is 490 g/mol. The van der Waals surface area contributed by atoms with Crippen LogP contribution in [0.15, 0.2) is 15.7 Å². The minimum Gasteiger partial charge on any atom is -0.383 e. The maximum Gasteiger partial charge on any atom is 0.330 e. The molecule has 2 heterocycles. The van der Waals surface area contributed by atoms with Gasteiger partial charge >= 0.3 is 5.69 Å². The van der Waals surface area contributed by atoms with Crippen molar-refractivity contribution >= 4 is 35.1 Å². The number of aryl methyl sites for hydroxylation is 2. The van der Waals surface area contributed by atoms with Gasteiger partial charge in [0.25, 0.3) is 11.5 Å². The third-order valence-electron chi connectivity index (χ3n) is 6.34. The number of hydrogen-bond donors (Lipinski definition) is 2. The highest BCUT2D eigenvalue weighted by Gasteiger charge is 2.31. The molecule has 0 unspecified atom stereocenters. The van der Waals surface area contributed by atoms with Crippen molar-refractivity contribution in [3.63, 3.8) is 0 Å². The topological polar surface area (TPSA) is 119 Å². The van der Waals surface area contributed by atoms with Crippen molar-refractivity contribution < 1.29 is 4.79 Å². The Morgan fingerprint density at radius 3 is 2.50 bits per heavy atom. The number of rotatable bonds is 10. The summed E-state index contributed by atoms with van der Waals surface area (Å²) in [6.07, 6.45) is 10.1. The number of unbranched alkanes of at least 4 members (excludes halogenated alkanes) is 2. The Kier molecular flexibility index (Phi) is 8.77. The third kappa shape index (κ3) is 5.46. The number of carbonyl (C=O) groups excluding carboxylic acids is 1. The van der Waals surface area contributed by atoms with E-state index in [4.69, 9.17) is 17.3 Å². The van der Waals surface area contributed by atoms with Crippen molar-refractivity contribution in [2.24, 2.45) is 0 Å². The molecule has 2 aromatic heterocycles. The van der Waals surface area contributed by atoms with Gasteiger partial charge in [0.05, 0.1) is 5.69 Å². The summed E-state index contributed by atoms with van der Waals surface area (Å²) < 4.78 is 3.09. The number of halogens is 1. The lowest BCUT2D eigenvalue weighted by atomic mass is 10.1. The molecule has 0 aliphatic heterocycles. The minimum atomic E-state index is -0.648. The zero-order chi connectivity index (χ0) is 24.8. The molecule has 0 bridgehead atoms. The highest BCUT2D eigenvalue weighted by atomic mass is 35.5. The summed E-state index contributed by atoms with van der Waals surface area (Å²) in [5, 5.41) is 4.96. The Hall–Kier alpha value is -2.81. The van der Waals surface area contributed by atoms with Gasteiger partial charge in [-0.3, -0.25) is 28.7 Å². The number of nitrogens with one attached hydrogen (secondary N) is 1. The van der Waals surface area contributed by atoms with Crippen molar-refractivity contribution in [1.29, 1.82) is 0 Å². The number of aromatic nitrogens is 4. The van der Waals surface area contributed by atoms with Crippen molar-refractivity contribution in [3.05, 3.63) is 43.3 Å². The first kappa shape index (κ1) is 25.8. The number of nitrogens with two attached hydrogens (primary N) is 1. The van der Waals surface area contributed by atoms with E-state index < -0.39 is 11.2 Å². The van der Waals surface area contributed by atoms with Crippen LogP contribution in [0.3, 0.4) is 0 Å². The Balaban J connectivity index is 2.00. The second-order valence-corrected chi connectivity index (χ2v) is 9.20. The van der Waals surface area contributed by atoms with Crippen LogP contribution in [0.4, 0.5) is 11.5 Å². The molecule has 9 nitrogen and oxygen atoms in total. The van der Waals surface area contributed by atoms with Crippen LogP contribution in [0.2, 0.25) is 5.15 Å². The zero-order valence-electron chi connectivity index (χ0n) is 20.3. The van der Waals surface area contributed by atoms with Crippen molar-refractivity contribution in [2.45, 2.75) is 91.3 Å². The first-order chi connectivity index (χ1) is 16.3. The summed E-state index contributed by atoms with van der Waals surface area (Å²) in [6.45, 7) is 7.03. The summed E-state index contributed by atoms with van der Waals surface area (Å²) in [4.78, 5) is 42.6. The molecule has 2 aromatic rings. The van der Waals surface area contributed by atoms with Gasteiger partial charge in [-0.2, -0.15) is 5.10 Å². The predicted octanol–water partition coefficient (Wildman–Crippen LogP) is 3.87. The quantitative estimate of drug-likeness (QED) is 0.490. The smallest absolute Gasteiger partial charge is 0.330 e. The number of anilines is 2. The van der Waals surface area contributed by atoms with Gasteiger partial charge in [0.15, 0.2) is 5.69 Å². The first-order valence-corrected chi connectivity index (χ1v) is 12.5. The number of amides is 1. The average Bonchev–Trinajstić information content (AvgIpc) is 3.41. The molecule has 1 saturated carbocycles. The first-order valence-electron chi connectivity index (χ1n) is 12.2. The number of carbonyl (C=O) groups is 1. The maximum absolute atomic E-state index is 13.5. The van der Waals surface area contributed by atoms with E-state index in [2.05, 4.69) is 17.0 Å². The molecule has 1 fully saturated rings. The lowest BCUT2D eigenvalue weighted by Crippen LogP contribution is -2.45. The Morgan fingerprint density at radius 2 is 1.85 bits per heavy atom. The van der Waals surface area contributed by atoms with Crippen LogP contribution < -0.4 is 21.9 Å². The highest BCUT2D eigenvalue weighted by Crippen LogP contribution is 2.30. The van der Waals surface area contributed by atoms with E-state index in [1.54, 1.807) is 10.8 Å². The summed E-state index contributed by atoms with van der Waals surface area (Å²) in [6, 6.07) is -0.165. The number of aromatic amines is 1. The van der Waals surface area contributed by atoms with Gasteiger partial charge in [0.1, 0.15) is 11.0 Å². The van der Waals surface area contributed by atoms with Gasteiger partial charge < -0.3 is 5.73 Å². The number of H-pyrrole nitrogens is 1. The van der Waals surface area contributed by atoms with Gasteiger partial charge in [-0.05, 0) is 38.7 Å². The van der Waals surface area contributed by atoms with E-state index in [9.17, 15) is 14.4 Å². The summed E-state index contributed by atoms with van der Waals surface area (Å²) in [5.74, 6) is -0.348. The SMILES string of the molecule is CCCCn1nc(C)c(C=CC(=O)N(c2c(N)n(CCCC)c(=O)[nH]c2=O)C2CCCC2)c1Cl. The molecule has 1 aliphatic carbocycles. The largest absolute Gasteiger partial charge is 0.383 e. The second kappa shape index (κ2) is 11.6. The molecule has 1 amide bonds.